The van der Waals surface area contributed by atoms with Gasteiger partial charge in [0.15, 0.2) is 0 Å². The zero-order chi connectivity index (χ0) is 14.4. The van der Waals surface area contributed by atoms with Crippen molar-refractivity contribution in [1.29, 1.82) is 5.26 Å². The molecule has 0 radical (unpaired) electrons. The lowest BCUT2D eigenvalue weighted by atomic mass is 9.90. The number of nitrogens with zero attached hydrogens (tertiary/aromatic N) is 2. The maximum Gasteiger partial charge on any atom is 0.0991 e. The van der Waals surface area contributed by atoms with Gasteiger partial charge in [-0.25, -0.2) is 0 Å². The molecule has 0 aromatic heterocycles. The number of hydrogen-bond donors (Lipinski definition) is 1. The fourth-order valence-electron chi connectivity index (χ4n) is 3.06. The van der Waals surface area contributed by atoms with Crippen LogP contribution in [-0.4, -0.2) is 23.5 Å². The van der Waals surface area contributed by atoms with E-state index in [1.165, 1.54) is 24.8 Å². The third-order valence-corrected chi connectivity index (χ3v) is 4.24. The van der Waals surface area contributed by atoms with Crippen LogP contribution >= 0.6 is 0 Å². The van der Waals surface area contributed by atoms with E-state index in [1.54, 1.807) is 0 Å². The third-order valence-electron chi connectivity index (χ3n) is 4.24. The van der Waals surface area contributed by atoms with Crippen LogP contribution in [0.4, 0.5) is 0 Å². The normalized spacial score (nSPS) is 22.7. The van der Waals surface area contributed by atoms with Crippen LogP contribution in [-0.2, 0) is 6.54 Å². The first-order valence-electron chi connectivity index (χ1n) is 7.71. The topological polar surface area (TPSA) is 53.0 Å². The molecular formula is C17H25N3. The minimum Gasteiger partial charge on any atom is -0.328 e. The van der Waals surface area contributed by atoms with Gasteiger partial charge < -0.3 is 5.73 Å². The zero-order valence-corrected chi connectivity index (χ0v) is 12.4. The van der Waals surface area contributed by atoms with Crippen LogP contribution in [0, 0.1) is 11.3 Å². The average Bonchev–Trinajstić information content (AvgIpc) is 2.48. The maximum atomic E-state index is 8.85. The van der Waals surface area contributed by atoms with E-state index in [-0.39, 0.29) is 0 Å². The molecule has 1 aromatic carbocycles. The monoisotopic (exact) mass is 271 g/mol. The van der Waals surface area contributed by atoms with Gasteiger partial charge in [-0.05, 0) is 56.3 Å². The molecule has 0 saturated heterocycles. The van der Waals surface area contributed by atoms with Crippen LogP contribution in [0.15, 0.2) is 24.3 Å². The Morgan fingerprint density at radius 2 is 1.85 bits per heavy atom. The fraction of sp³-hybridized carbons (Fsp3) is 0.588. The Hall–Kier alpha value is -1.37. The Kier molecular flexibility index (Phi) is 5.58. The van der Waals surface area contributed by atoms with Gasteiger partial charge in [0.1, 0.15) is 0 Å². The Balaban J connectivity index is 1.99. The van der Waals surface area contributed by atoms with E-state index in [9.17, 15) is 0 Å². The summed E-state index contributed by atoms with van der Waals surface area (Å²) in [5.74, 6) is 0. The molecule has 0 atom stereocenters. The minimum absolute atomic E-state index is 0.407. The lowest BCUT2D eigenvalue weighted by molar-refractivity contribution is 0.142. The lowest BCUT2D eigenvalue weighted by Gasteiger charge is -2.36. The first-order chi connectivity index (χ1) is 9.72. The molecule has 0 spiro atoms. The molecule has 3 nitrogen and oxygen atoms in total. The molecule has 108 valence electrons. The second-order valence-electron chi connectivity index (χ2n) is 5.85. The molecule has 2 rings (SSSR count). The summed E-state index contributed by atoms with van der Waals surface area (Å²) in [6, 6.07) is 11.2. The highest BCUT2D eigenvalue weighted by Gasteiger charge is 2.23. The molecule has 20 heavy (non-hydrogen) atoms. The van der Waals surface area contributed by atoms with Crippen molar-refractivity contribution >= 4 is 0 Å². The zero-order valence-electron chi connectivity index (χ0n) is 12.4. The lowest BCUT2D eigenvalue weighted by Crippen LogP contribution is -2.40. The number of benzene rings is 1. The second-order valence-corrected chi connectivity index (χ2v) is 5.85. The van der Waals surface area contributed by atoms with E-state index in [0.29, 0.717) is 12.1 Å². The first kappa shape index (κ1) is 15.0. The van der Waals surface area contributed by atoms with Crippen molar-refractivity contribution in [2.45, 2.75) is 57.7 Å². The summed E-state index contributed by atoms with van der Waals surface area (Å²) in [5, 5.41) is 8.85. The van der Waals surface area contributed by atoms with Crippen LogP contribution in [0.5, 0.6) is 0 Å². The highest BCUT2D eigenvalue weighted by molar-refractivity contribution is 5.31. The Labute approximate surface area is 122 Å². The molecule has 0 bridgehead atoms. The maximum absolute atomic E-state index is 8.85. The van der Waals surface area contributed by atoms with Gasteiger partial charge in [0.05, 0.1) is 11.6 Å². The smallest absolute Gasteiger partial charge is 0.0991 e. The fourth-order valence-corrected chi connectivity index (χ4v) is 3.06. The van der Waals surface area contributed by atoms with Crippen LogP contribution in [0.2, 0.25) is 0 Å². The van der Waals surface area contributed by atoms with Crippen LogP contribution in [0.3, 0.4) is 0 Å². The summed E-state index contributed by atoms with van der Waals surface area (Å²) >= 11 is 0. The molecule has 0 aliphatic heterocycles. The Bertz CT molecular complexity index is 438. The van der Waals surface area contributed by atoms with Gasteiger partial charge >= 0.3 is 0 Å². The van der Waals surface area contributed by atoms with Gasteiger partial charge in [-0.15, -0.1) is 0 Å². The largest absolute Gasteiger partial charge is 0.328 e. The van der Waals surface area contributed by atoms with Crippen molar-refractivity contribution in [1.82, 2.24) is 4.90 Å². The van der Waals surface area contributed by atoms with E-state index in [4.69, 9.17) is 11.0 Å². The minimum atomic E-state index is 0.407. The Morgan fingerprint density at radius 3 is 2.40 bits per heavy atom. The number of hydrogen-bond acceptors (Lipinski definition) is 3. The van der Waals surface area contributed by atoms with E-state index < -0.39 is 0 Å². The highest BCUT2D eigenvalue weighted by Crippen LogP contribution is 2.24. The summed E-state index contributed by atoms with van der Waals surface area (Å²) in [7, 11) is 0. The average molecular weight is 271 g/mol. The van der Waals surface area contributed by atoms with Gasteiger partial charge in [0.2, 0.25) is 0 Å². The second kappa shape index (κ2) is 7.42. The van der Waals surface area contributed by atoms with E-state index in [1.807, 2.05) is 12.1 Å². The van der Waals surface area contributed by atoms with Crippen LogP contribution < -0.4 is 5.73 Å². The van der Waals surface area contributed by atoms with Crippen LogP contribution in [0.25, 0.3) is 0 Å². The molecule has 3 heteroatoms. The third kappa shape index (κ3) is 4.06. The van der Waals surface area contributed by atoms with Gasteiger partial charge in [-0.1, -0.05) is 19.1 Å². The molecule has 0 heterocycles. The molecule has 0 unspecified atom stereocenters. The molecule has 0 amide bonds. The summed E-state index contributed by atoms with van der Waals surface area (Å²) in [5.41, 5.74) is 8.04. The Morgan fingerprint density at radius 1 is 1.20 bits per heavy atom. The van der Waals surface area contributed by atoms with Crippen LogP contribution in [0.1, 0.15) is 50.2 Å². The van der Waals surface area contributed by atoms with Crippen molar-refractivity contribution in [3.8, 4) is 6.07 Å². The van der Waals surface area contributed by atoms with Crippen molar-refractivity contribution in [3.63, 3.8) is 0 Å². The molecule has 1 aromatic rings. The highest BCUT2D eigenvalue weighted by atomic mass is 15.2. The van der Waals surface area contributed by atoms with Crippen molar-refractivity contribution in [3.05, 3.63) is 35.4 Å². The first-order valence-corrected chi connectivity index (χ1v) is 7.71. The number of rotatable bonds is 5. The van der Waals surface area contributed by atoms with Crippen molar-refractivity contribution < 1.29 is 0 Å². The summed E-state index contributed by atoms with van der Waals surface area (Å²) < 4.78 is 0. The molecular weight excluding hydrogens is 246 g/mol. The van der Waals surface area contributed by atoms with Gasteiger partial charge in [0, 0.05) is 18.6 Å². The predicted molar refractivity (Wildman–Crippen MR) is 82.1 cm³/mol. The van der Waals surface area contributed by atoms with E-state index in [0.717, 1.165) is 31.5 Å². The van der Waals surface area contributed by atoms with Crippen molar-refractivity contribution in [2.75, 3.05) is 6.54 Å². The van der Waals surface area contributed by atoms with Crippen molar-refractivity contribution in [2.24, 2.45) is 5.73 Å². The van der Waals surface area contributed by atoms with Gasteiger partial charge in [-0.2, -0.15) is 5.26 Å². The summed E-state index contributed by atoms with van der Waals surface area (Å²) in [4.78, 5) is 2.59. The number of nitriles is 1. The van der Waals surface area contributed by atoms with E-state index in [2.05, 4.69) is 30.0 Å². The van der Waals surface area contributed by atoms with Gasteiger partial charge in [-0.3, -0.25) is 4.90 Å². The standard InChI is InChI=1S/C17H25N3/c1-2-11-20(17-9-7-16(19)8-10-17)13-15-5-3-14(12-18)4-6-15/h3-6,16-17H,2,7-11,13,19H2,1H3. The quantitative estimate of drug-likeness (QED) is 0.895. The summed E-state index contributed by atoms with van der Waals surface area (Å²) in [6.45, 7) is 4.36. The van der Waals surface area contributed by atoms with E-state index >= 15 is 0 Å². The SMILES string of the molecule is CCCN(Cc1ccc(C#N)cc1)C1CCC(N)CC1. The molecule has 1 aliphatic rings. The number of nitrogens with two attached hydrogens (primary N) is 1. The molecule has 1 aliphatic carbocycles. The van der Waals surface area contributed by atoms with Gasteiger partial charge in [0.25, 0.3) is 0 Å². The molecule has 1 fully saturated rings. The molecule has 2 N–H and O–H groups in total. The predicted octanol–water partition coefficient (Wildman–Crippen LogP) is 3.04. The molecule has 1 saturated carbocycles. The summed E-state index contributed by atoms with van der Waals surface area (Å²) in [6.07, 6.45) is 5.92.